The van der Waals surface area contributed by atoms with Gasteiger partial charge in [-0.25, -0.2) is 0 Å². The van der Waals surface area contributed by atoms with Gasteiger partial charge in [0.25, 0.3) is 0 Å². The van der Waals surface area contributed by atoms with E-state index in [1.807, 2.05) is 0 Å². The number of carbonyl (C=O) groups excluding carboxylic acids is 1. The van der Waals surface area contributed by atoms with Gasteiger partial charge in [-0.2, -0.15) is 5.26 Å². The maximum atomic E-state index is 12.6. The van der Waals surface area contributed by atoms with E-state index in [1.54, 1.807) is 11.3 Å². The number of nitriles is 1. The molecule has 2 saturated heterocycles. The van der Waals surface area contributed by atoms with E-state index in [4.69, 9.17) is 9.47 Å². The van der Waals surface area contributed by atoms with E-state index in [-0.39, 0.29) is 5.91 Å². The number of hydrogen-bond donors (Lipinski definition) is 1. The summed E-state index contributed by atoms with van der Waals surface area (Å²) in [5.74, 6) is 0.247. The Morgan fingerprint density at radius 1 is 1.37 bits per heavy atom. The first-order chi connectivity index (χ1) is 13.1. The van der Waals surface area contributed by atoms with Crippen molar-refractivity contribution in [3.05, 3.63) is 16.0 Å². The average Bonchev–Trinajstić information content (AvgIpc) is 3.27. The van der Waals surface area contributed by atoms with Crippen molar-refractivity contribution in [2.45, 2.75) is 51.2 Å². The van der Waals surface area contributed by atoms with E-state index in [0.717, 1.165) is 55.8 Å². The first-order valence-electron chi connectivity index (χ1n) is 9.97. The Morgan fingerprint density at radius 2 is 2.11 bits per heavy atom. The molecule has 3 aliphatic rings. The van der Waals surface area contributed by atoms with Gasteiger partial charge in [0.05, 0.1) is 25.3 Å². The molecule has 7 heteroatoms. The fraction of sp³-hybridized carbons (Fsp3) is 0.700. The summed E-state index contributed by atoms with van der Waals surface area (Å²) in [6.07, 6.45) is 5.91. The standard InChI is InChI=1S/C20H27N3O3S/c1-2-14-3-4-15-16(12-21)19(27-17(15)11-14)22-18(24)13-23-7-5-20(6-8-23)25-9-10-26-20/h14H,2-11,13H2,1H3,(H,22,24). The Hall–Kier alpha value is -1.46. The smallest absolute Gasteiger partial charge is 0.239 e. The van der Waals surface area contributed by atoms with E-state index in [9.17, 15) is 10.1 Å². The maximum absolute atomic E-state index is 12.6. The molecule has 3 heterocycles. The first kappa shape index (κ1) is 18.9. The molecule has 1 unspecified atom stereocenters. The second-order valence-electron chi connectivity index (χ2n) is 7.77. The van der Waals surface area contributed by atoms with Crippen LogP contribution in [0, 0.1) is 17.2 Å². The molecule has 2 aliphatic heterocycles. The van der Waals surface area contributed by atoms with Gasteiger partial charge in [-0.05, 0) is 30.7 Å². The number of carbonyl (C=O) groups is 1. The number of rotatable bonds is 4. The van der Waals surface area contributed by atoms with Gasteiger partial charge < -0.3 is 14.8 Å². The van der Waals surface area contributed by atoms with Crippen molar-refractivity contribution < 1.29 is 14.3 Å². The zero-order chi connectivity index (χ0) is 18.9. The van der Waals surface area contributed by atoms with Crippen LogP contribution in [0.25, 0.3) is 0 Å². The number of fused-ring (bicyclic) bond motifs is 1. The second-order valence-corrected chi connectivity index (χ2v) is 8.87. The Morgan fingerprint density at radius 3 is 2.78 bits per heavy atom. The molecule has 1 aromatic rings. The number of piperidine rings is 1. The van der Waals surface area contributed by atoms with Gasteiger partial charge >= 0.3 is 0 Å². The third kappa shape index (κ3) is 3.90. The van der Waals surface area contributed by atoms with Crippen LogP contribution < -0.4 is 5.32 Å². The monoisotopic (exact) mass is 389 g/mol. The van der Waals surface area contributed by atoms with E-state index in [2.05, 4.69) is 23.2 Å². The largest absolute Gasteiger partial charge is 0.347 e. The highest BCUT2D eigenvalue weighted by atomic mass is 32.1. The molecular weight excluding hydrogens is 362 g/mol. The average molecular weight is 390 g/mol. The number of hydrogen-bond acceptors (Lipinski definition) is 6. The SMILES string of the molecule is CCC1CCc2c(sc(NC(=O)CN3CCC4(CC3)OCCO4)c2C#N)C1. The Bertz CT molecular complexity index is 738. The minimum absolute atomic E-state index is 0.0404. The van der Waals surface area contributed by atoms with E-state index < -0.39 is 5.79 Å². The molecule has 1 N–H and O–H groups in total. The molecule has 1 aliphatic carbocycles. The van der Waals surface area contributed by atoms with Crippen LogP contribution in [0.4, 0.5) is 5.00 Å². The quantitative estimate of drug-likeness (QED) is 0.857. The molecule has 0 saturated carbocycles. The fourth-order valence-electron chi connectivity index (χ4n) is 4.42. The van der Waals surface area contributed by atoms with Gasteiger partial charge in [0.2, 0.25) is 5.91 Å². The molecule has 27 heavy (non-hydrogen) atoms. The van der Waals surface area contributed by atoms with Crippen LogP contribution in [0.15, 0.2) is 0 Å². The molecule has 1 amide bonds. The number of amides is 1. The highest BCUT2D eigenvalue weighted by Crippen LogP contribution is 2.40. The lowest BCUT2D eigenvalue weighted by Crippen LogP contribution is -2.47. The molecule has 0 bridgehead atoms. The lowest BCUT2D eigenvalue weighted by molar-refractivity contribution is -0.185. The fourth-order valence-corrected chi connectivity index (χ4v) is 5.74. The summed E-state index contributed by atoms with van der Waals surface area (Å²) in [6, 6.07) is 2.33. The second kappa shape index (κ2) is 7.88. The van der Waals surface area contributed by atoms with E-state index >= 15 is 0 Å². The van der Waals surface area contributed by atoms with Gasteiger partial charge in [-0.3, -0.25) is 9.69 Å². The van der Waals surface area contributed by atoms with Crippen LogP contribution in [-0.2, 0) is 27.1 Å². The van der Waals surface area contributed by atoms with Crippen LogP contribution in [0.2, 0.25) is 0 Å². The molecule has 146 valence electrons. The van der Waals surface area contributed by atoms with Crippen LogP contribution in [-0.4, -0.2) is 49.4 Å². The molecule has 1 atom stereocenters. The lowest BCUT2D eigenvalue weighted by Gasteiger charge is -2.37. The highest BCUT2D eigenvalue weighted by Gasteiger charge is 2.40. The van der Waals surface area contributed by atoms with Crippen molar-refractivity contribution in [1.29, 1.82) is 5.26 Å². The number of thiophene rings is 1. The lowest BCUT2D eigenvalue weighted by atomic mass is 9.86. The summed E-state index contributed by atoms with van der Waals surface area (Å²) in [5, 5.41) is 13.4. The summed E-state index contributed by atoms with van der Waals surface area (Å²) in [7, 11) is 0. The van der Waals surface area contributed by atoms with Gasteiger partial charge in [0.15, 0.2) is 5.79 Å². The number of nitrogens with zero attached hydrogens (tertiary/aromatic N) is 2. The van der Waals surface area contributed by atoms with Crippen molar-refractivity contribution in [3.8, 4) is 6.07 Å². The maximum Gasteiger partial charge on any atom is 0.239 e. The molecule has 0 radical (unpaired) electrons. The molecule has 0 aromatic carbocycles. The van der Waals surface area contributed by atoms with Gasteiger partial charge in [0.1, 0.15) is 11.1 Å². The van der Waals surface area contributed by atoms with Crippen molar-refractivity contribution in [3.63, 3.8) is 0 Å². The summed E-state index contributed by atoms with van der Waals surface area (Å²) in [4.78, 5) is 16.0. The van der Waals surface area contributed by atoms with Crippen molar-refractivity contribution in [2.24, 2.45) is 5.92 Å². The van der Waals surface area contributed by atoms with Crippen LogP contribution in [0.5, 0.6) is 0 Å². The Balaban J connectivity index is 1.36. The predicted octanol–water partition coefficient (Wildman–Crippen LogP) is 2.91. The van der Waals surface area contributed by atoms with Crippen LogP contribution >= 0.6 is 11.3 Å². The summed E-state index contributed by atoms with van der Waals surface area (Å²) >= 11 is 1.60. The highest BCUT2D eigenvalue weighted by molar-refractivity contribution is 7.16. The molecule has 4 rings (SSSR count). The Labute approximate surface area is 164 Å². The zero-order valence-corrected chi connectivity index (χ0v) is 16.7. The number of nitrogens with one attached hydrogen (secondary N) is 1. The molecule has 2 fully saturated rings. The third-order valence-corrected chi connectivity index (χ3v) is 7.28. The summed E-state index contributed by atoms with van der Waals surface area (Å²) in [5.41, 5.74) is 1.85. The zero-order valence-electron chi connectivity index (χ0n) is 15.9. The normalized spacial score (nSPS) is 24.5. The number of ether oxygens (including phenoxy) is 2. The minimum Gasteiger partial charge on any atom is -0.347 e. The molecule has 1 aromatic heterocycles. The molecule has 6 nitrogen and oxygen atoms in total. The van der Waals surface area contributed by atoms with Crippen LogP contribution in [0.1, 0.15) is 48.6 Å². The van der Waals surface area contributed by atoms with Gasteiger partial charge in [0, 0.05) is 30.8 Å². The summed E-state index contributed by atoms with van der Waals surface area (Å²) in [6.45, 7) is 5.48. The molecular formula is C20H27N3O3S. The predicted molar refractivity (Wildman–Crippen MR) is 104 cm³/mol. The minimum atomic E-state index is -0.413. The van der Waals surface area contributed by atoms with Crippen LogP contribution in [0.3, 0.4) is 0 Å². The van der Waals surface area contributed by atoms with Gasteiger partial charge in [-0.1, -0.05) is 13.3 Å². The summed E-state index contributed by atoms with van der Waals surface area (Å²) < 4.78 is 11.5. The van der Waals surface area contributed by atoms with Gasteiger partial charge in [-0.15, -0.1) is 11.3 Å². The first-order valence-corrected chi connectivity index (χ1v) is 10.8. The van der Waals surface area contributed by atoms with Crippen molar-refractivity contribution in [2.75, 3.05) is 38.2 Å². The van der Waals surface area contributed by atoms with E-state index in [0.29, 0.717) is 31.2 Å². The Kier molecular flexibility index (Phi) is 5.51. The topological polar surface area (TPSA) is 74.6 Å². The van der Waals surface area contributed by atoms with E-state index in [1.165, 1.54) is 11.3 Å². The number of likely N-dealkylation sites (tertiary alicyclic amines) is 1. The van der Waals surface area contributed by atoms with Crippen molar-refractivity contribution in [1.82, 2.24) is 4.90 Å². The molecule has 1 spiro atoms. The third-order valence-electron chi connectivity index (χ3n) is 6.11. The van der Waals surface area contributed by atoms with Crippen molar-refractivity contribution >= 4 is 22.2 Å². The number of anilines is 1.